The number of carbonyl (C=O) groups is 1. The largest absolute Gasteiger partial charge is 0.462 e. The van der Waals surface area contributed by atoms with Gasteiger partial charge in [-0.2, -0.15) is 0 Å². The second-order valence-corrected chi connectivity index (χ2v) is 4.93. The van der Waals surface area contributed by atoms with Crippen molar-refractivity contribution < 1.29 is 9.53 Å². The third-order valence-corrected chi connectivity index (χ3v) is 3.06. The Morgan fingerprint density at radius 2 is 1.56 bits per heavy atom. The van der Waals surface area contributed by atoms with E-state index in [9.17, 15) is 4.79 Å². The topological polar surface area (TPSA) is 26.3 Å². The highest BCUT2D eigenvalue weighted by molar-refractivity contribution is 5.87. The summed E-state index contributed by atoms with van der Waals surface area (Å²) in [4.78, 5) is 11.6. The van der Waals surface area contributed by atoms with Crippen LogP contribution in [-0.2, 0) is 9.53 Å². The number of unbranched alkanes of at least 4 members (excludes halogenated alkanes) is 7. The minimum absolute atomic E-state index is 0.139. The summed E-state index contributed by atoms with van der Waals surface area (Å²) in [5, 5.41) is 0. The van der Waals surface area contributed by atoms with Crippen LogP contribution in [0, 0.1) is 0 Å². The Hall–Kier alpha value is -0.790. The molecule has 0 atom stereocenters. The van der Waals surface area contributed by atoms with Gasteiger partial charge in [-0.05, 0) is 26.2 Å². The Balaban J connectivity index is 3.57. The molecule has 18 heavy (non-hydrogen) atoms. The fourth-order valence-corrected chi connectivity index (χ4v) is 1.78. The summed E-state index contributed by atoms with van der Waals surface area (Å²) in [6.45, 7) is 6.78. The SMILES string of the molecule is CCCCCCCC=C(C)C(=O)OCCCCC. The molecule has 0 spiro atoms. The van der Waals surface area contributed by atoms with Crippen molar-refractivity contribution in [2.45, 2.75) is 78.6 Å². The third kappa shape index (κ3) is 10.4. The first-order chi connectivity index (χ1) is 8.72. The number of allylic oxidation sites excluding steroid dienone is 1. The van der Waals surface area contributed by atoms with E-state index in [2.05, 4.69) is 13.8 Å². The van der Waals surface area contributed by atoms with Gasteiger partial charge in [-0.1, -0.05) is 58.4 Å². The zero-order chi connectivity index (χ0) is 13.6. The van der Waals surface area contributed by atoms with E-state index in [1.54, 1.807) is 0 Å². The highest BCUT2D eigenvalue weighted by Crippen LogP contribution is 2.08. The van der Waals surface area contributed by atoms with Crippen LogP contribution in [0.3, 0.4) is 0 Å². The van der Waals surface area contributed by atoms with Gasteiger partial charge in [0, 0.05) is 5.57 Å². The van der Waals surface area contributed by atoms with Gasteiger partial charge < -0.3 is 4.74 Å². The van der Waals surface area contributed by atoms with Crippen molar-refractivity contribution in [2.24, 2.45) is 0 Å². The van der Waals surface area contributed by atoms with Crippen molar-refractivity contribution >= 4 is 5.97 Å². The van der Waals surface area contributed by atoms with Crippen LogP contribution in [0.5, 0.6) is 0 Å². The Morgan fingerprint density at radius 1 is 0.944 bits per heavy atom. The molecule has 0 N–H and O–H groups in total. The number of hydrogen-bond acceptors (Lipinski definition) is 2. The highest BCUT2D eigenvalue weighted by Gasteiger charge is 2.04. The van der Waals surface area contributed by atoms with Crippen molar-refractivity contribution in [2.75, 3.05) is 6.61 Å². The lowest BCUT2D eigenvalue weighted by Crippen LogP contribution is -2.07. The fourth-order valence-electron chi connectivity index (χ4n) is 1.78. The van der Waals surface area contributed by atoms with Gasteiger partial charge in [0.05, 0.1) is 6.61 Å². The predicted molar refractivity (Wildman–Crippen MR) is 77.6 cm³/mol. The van der Waals surface area contributed by atoms with E-state index >= 15 is 0 Å². The maximum Gasteiger partial charge on any atom is 0.333 e. The zero-order valence-electron chi connectivity index (χ0n) is 12.5. The van der Waals surface area contributed by atoms with Crippen LogP contribution < -0.4 is 0 Å². The summed E-state index contributed by atoms with van der Waals surface area (Å²) < 4.78 is 5.19. The molecule has 0 aliphatic carbocycles. The van der Waals surface area contributed by atoms with E-state index in [0.29, 0.717) is 6.61 Å². The Morgan fingerprint density at radius 3 is 2.22 bits per heavy atom. The van der Waals surface area contributed by atoms with Crippen LogP contribution in [0.25, 0.3) is 0 Å². The van der Waals surface area contributed by atoms with Crippen LogP contribution in [0.2, 0.25) is 0 Å². The minimum atomic E-state index is -0.139. The first-order valence-corrected chi connectivity index (χ1v) is 7.56. The Bertz CT molecular complexity index is 231. The lowest BCUT2D eigenvalue weighted by molar-refractivity contribution is -0.139. The van der Waals surface area contributed by atoms with E-state index in [4.69, 9.17) is 4.74 Å². The van der Waals surface area contributed by atoms with Gasteiger partial charge in [-0.25, -0.2) is 4.79 Å². The van der Waals surface area contributed by atoms with Crippen LogP contribution in [-0.4, -0.2) is 12.6 Å². The average Bonchev–Trinajstić information content (AvgIpc) is 2.38. The molecule has 0 bridgehead atoms. The zero-order valence-corrected chi connectivity index (χ0v) is 12.5. The molecule has 0 aromatic heterocycles. The molecule has 0 unspecified atom stereocenters. The van der Waals surface area contributed by atoms with Crippen molar-refractivity contribution in [1.82, 2.24) is 0 Å². The predicted octanol–water partition coefficient (Wildman–Crippen LogP) is 5.03. The normalized spacial score (nSPS) is 11.6. The van der Waals surface area contributed by atoms with Gasteiger partial charge in [-0.15, -0.1) is 0 Å². The standard InChI is InChI=1S/C16H30O2/c1-4-6-8-9-10-11-13-15(3)16(17)18-14-12-7-5-2/h13H,4-12,14H2,1-3H3. The molecule has 0 aliphatic rings. The highest BCUT2D eigenvalue weighted by atomic mass is 16.5. The molecule has 0 saturated heterocycles. The molecule has 0 aliphatic heterocycles. The quantitative estimate of drug-likeness (QED) is 0.294. The molecular weight excluding hydrogens is 224 g/mol. The maximum atomic E-state index is 11.6. The van der Waals surface area contributed by atoms with Gasteiger partial charge in [0.15, 0.2) is 0 Å². The fraction of sp³-hybridized carbons (Fsp3) is 0.812. The monoisotopic (exact) mass is 254 g/mol. The molecule has 0 saturated carbocycles. The van der Waals surface area contributed by atoms with Crippen LogP contribution in [0.4, 0.5) is 0 Å². The van der Waals surface area contributed by atoms with Gasteiger partial charge >= 0.3 is 5.97 Å². The smallest absolute Gasteiger partial charge is 0.333 e. The lowest BCUT2D eigenvalue weighted by atomic mass is 10.1. The van der Waals surface area contributed by atoms with E-state index in [1.165, 1.54) is 32.1 Å². The van der Waals surface area contributed by atoms with Crippen molar-refractivity contribution in [3.8, 4) is 0 Å². The van der Waals surface area contributed by atoms with Crippen LogP contribution >= 0.6 is 0 Å². The van der Waals surface area contributed by atoms with Crippen molar-refractivity contribution in [3.05, 3.63) is 11.6 Å². The molecule has 0 fully saturated rings. The molecular formula is C16H30O2. The van der Waals surface area contributed by atoms with Crippen LogP contribution in [0.1, 0.15) is 78.6 Å². The summed E-state index contributed by atoms with van der Waals surface area (Å²) in [5.41, 5.74) is 0.766. The van der Waals surface area contributed by atoms with Gasteiger partial charge in [0.25, 0.3) is 0 Å². The first-order valence-electron chi connectivity index (χ1n) is 7.56. The van der Waals surface area contributed by atoms with E-state index in [0.717, 1.165) is 31.3 Å². The Labute approximate surface area is 113 Å². The molecule has 0 aromatic rings. The van der Waals surface area contributed by atoms with Crippen molar-refractivity contribution in [3.63, 3.8) is 0 Å². The van der Waals surface area contributed by atoms with E-state index in [-0.39, 0.29) is 5.97 Å². The van der Waals surface area contributed by atoms with Crippen LogP contribution in [0.15, 0.2) is 11.6 Å². The first kappa shape index (κ1) is 17.2. The minimum Gasteiger partial charge on any atom is -0.462 e. The third-order valence-electron chi connectivity index (χ3n) is 3.06. The lowest BCUT2D eigenvalue weighted by Gasteiger charge is -2.04. The van der Waals surface area contributed by atoms with Gasteiger partial charge in [-0.3, -0.25) is 0 Å². The summed E-state index contributed by atoms with van der Waals surface area (Å²) in [6.07, 6.45) is 12.6. The Kier molecular flexibility index (Phi) is 12.1. The number of hydrogen-bond donors (Lipinski definition) is 0. The molecule has 2 nitrogen and oxygen atoms in total. The number of ether oxygens (including phenoxy) is 1. The maximum absolute atomic E-state index is 11.6. The molecule has 0 rings (SSSR count). The van der Waals surface area contributed by atoms with E-state index in [1.807, 2.05) is 13.0 Å². The molecule has 0 heterocycles. The van der Waals surface area contributed by atoms with E-state index < -0.39 is 0 Å². The van der Waals surface area contributed by atoms with Gasteiger partial charge in [0.1, 0.15) is 0 Å². The molecule has 106 valence electrons. The molecule has 0 radical (unpaired) electrons. The van der Waals surface area contributed by atoms with Gasteiger partial charge in [0.2, 0.25) is 0 Å². The summed E-state index contributed by atoms with van der Waals surface area (Å²) in [5.74, 6) is -0.139. The molecule has 0 aromatic carbocycles. The average molecular weight is 254 g/mol. The van der Waals surface area contributed by atoms with Crippen molar-refractivity contribution in [1.29, 1.82) is 0 Å². The summed E-state index contributed by atoms with van der Waals surface area (Å²) >= 11 is 0. The second-order valence-electron chi connectivity index (χ2n) is 4.93. The number of rotatable bonds is 11. The summed E-state index contributed by atoms with van der Waals surface area (Å²) in [7, 11) is 0. The summed E-state index contributed by atoms with van der Waals surface area (Å²) in [6, 6.07) is 0. The molecule has 0 amide bonds. The number of esters is 1. The molecule has 2 heteroatoms. The number of carbonyl (C=O) groups excluding carboxylic acids is 1. The second kappa shape index (κ2) is 12.7.